The van der Waals surface area contributed by atoms with E-state index >= 15 is 0 Å². The Morgan fingerprint density at radius 1 is 0.879 bits per heavy atom. The summed E-state index contributed by atoms with van der Waals surface area (Å²) in [6.07, 6.45) is 2.41. The number of carbonyl (C=O) groups is 1. The number of piperazine rings is 1. The second kappa shape index (κ2) is 10.8. The number of anilines is 1. The summed E-state index contributed by atoms with van der Waals surface area (Å²) in [4.78, 5) is 16.7. The van der Waals surface area contributed by atoms with Crippen LogP contribution in [0.4, 0.5) is 5.82 Å². The summed E-state index contributed by atoms with van der Waals surface area (Å²) < 4.78 is 10.7. The van der Waals surface area contributed by atoms with Gasteiger partial charge in [0.25, 0.3) is 0 Å². The van der Waals surface area contributed by atoms with E-state index in [-0.39, 0.29) is 5.91 Å². The molecule has 1 aliphatic rings. The fourth-order valence-electron chi connectivity index (χ4n) is 4.07. The van der Waals surface area contributed by atoms with E-state index in [9.17, 15) is 4.79 Å². The molecule has 0 unspecified atom stereocenters. The van der Waals surface area contributed by atoms with Crippen molar-refractivity contribution in [3.63, 3.8) is 0 Å². The standard InChI is InChI=1S/C26H30N4O3/c1-32-23-13-11-21(19-24(23)33-2)22-12-14-25(28-27-22)29-15-17-30(18-16-29)26(31)10-6-9-20-7-4-3-5-8-20/h3-5,7-8,11-14,19H,6,9-10,15-18H2,1-2H3. The van der Waals surface area contributed by atoms with Gasteiger partial charge in [-0.1, -0.05) is 30.3 Å². The average Bonchev–Trinajstić information content (AvgIpc) is 2.89. The van der Waals surface area contributed by atoms with E-state index in [1.54, 1.807) is 14.2 Å². The lowest BCUT2D eigenvalue weighted by molar-refractivity contribution is -0.131. The molecule has 2 aromatic carbocycles. The zero-order chi connectivity index (χ0) is 23.0. The van der Waals surface area contributed by atoms with Crippen molar-refractivity contribution in [1.82, 2.24) is 15.1 Å². The molecule has 0 N–H and O–H groups in total. The lowest BCUT2D eigenvalue weighted by atomic mass is 10.1. The Morgan fingerprint density at radius 2 is 1.64 bits per heavy atom. The summed E-state index contributed by atoms with van der Waals surface area (Å²) >= 11 is 0. The Bertz CT molecular complexity index is 1050. The van der Waals surface area contributed by atoms with Crippen LogP contribution < -0.4 is 14.4 Å². The first-order valence-corrected chi connectivity index (χ1v) is 11.3. The highest BCUT2D eigenvalue weighted by molar-refractivity contribution is 5.76. The van der Waals surface area contributed by atoms with Crippen LogP contribution in [-0.2, 0) is 11.2 Å². The number of hydrogen-bond donors (Lipinski definition) is 0. The van der Waals surface area contributed by atoms with Gasteiger partial charge >= 0.3 is 0 Å². The molecule has 1 aliphatic heterocycles. The largest absolute Gasteiger partial charge is 0.493 e. The van der Waals surface area contributed by atoms with Crippen molar-refractivity contribution >= 4 is 11.7 Å². The van der Waals surface area contributed by atoms with Crippen LogP contribution in [-0.4, -0.2) is 61.4 Å². The van der Waals surface area contributed by atoms with E-state index in [1.165, 1.54) is 5.56 Å². The fourth-order valence-corrected chi connectivity index (χ4v) is 4.07. The van der Waals surface area contributed by atoms with E-state index in [4.69, 9.17) is 9.47 Å². The normalized spacial score (nSPS) is 13.6. The maximum Gasteiger partial charge on any atom is 0.222 e. The second-order valence-corrected chi connectivity index (χ2v) is 8.05. The van der Waals surface area contributed by atoms with E-state index in [2.05, 4.69) is 27.2 Å². The molecule has 3 aromatic rings. The number of hydrogen-bond acceptors (Lipinski definition) is 6. The quantitative estimate of drug-likeness (QED) is 0.524. The summed E-state index contributed by atoms with van der Waals surface area (Å²) in [5, 5.41) is 8.84. The molecular formula is C26H30N4O3. The summed E-state index contributed by atoms with van der Waals surface area (Å²) in [7, 11) is 3.23. The zero-order valence-electron chi connectivity index (χ0n) is 19.2. The molecule has 1 aromatic heterocycles. The van der Waals surface area contributed by atoms with Crippen molar-refractivity contribution in [3.8, 4) is 22.8 Å². The number of aryl methyl sites for hydroxylation is 1. The highest BCUT2D eigenvalue weighted by Crippen LogP contribution is 2.31. The molecule has 0 bridgehead atoms. The molecule has 1 saturated heterocycles. The van der Waals surface area contributed by atoms with Gasteiger partial charge in [0.1, 0.15) is 0 Å². The van der Waals surface area contributed by atoms with Crippen LogP contribution in [0.3, 0.4) is 0 Å². The third kappa shape index (κ3) is 5.61. The molecule has 0 radical (unpaired) electrons. The van der Waals surface area contributed by atoms with Gasteiger partial charge < -0.3 is 19.3 Å². The van der Waals surface area contributed by atoms with Crippen LogP contribution in [0.15, 0.2) is 60.7 Å². The lowest BCUT2D eigenvalue weighted by Crippen LogP contribution is -2.49. The molecule has 4 rings (SSSR count). The molecule has 1 amide bonds. The van der Waals surface area contributed by atoms with Crippen molar-refractivity contribution < 1.29 is 14.3 Å². The minimum Gasteiger partial charge on any atom is -0.493 e. The fraction of sp³-hybridized carbons (Fsp3) is 0.346. The number of methoxy groups -OCH3 is 2. The molecule has 0 atom stereocenters. The molecule has 1 fully saturated rings. The van der Waals surface area contributed by atoms with Gasteiger partial charge in [-0.05, 0) is 48.7 Å². The lowest BCUT2D eigenvalue weighted by Gasteiger charge is -2.35. The van der Waals surface area contributed by atoms with E-state index in [0.717, 1.165) is 43.0 Å². The van der Waals surface area contributed by atoms with Crippen LogP contribution in [0.2, 0.25) is 0 Å². The number of benzene rings is 2. The zero-order valence-corrected chi connectivity index (χ0v) is 19.2. The third-order valence-corrected chi connectivity index (χ3v) is 5.99. The van der Waals surface area contributed by atoms with Gasteiger partial charge in [-0.2, -0.15) is 0 Å². The molecule has 0 aliphatic carbocycles. The van der Waals surface area contributed by atoms with Crippen molar-refractivity contribution in [2.24, 2.45) is 0 Å². The topological polar surface area (TPSA) is 67.8 Å². The minimum absolute atomic E-state index is 0.237. The monoisotopic (exact) mass is 446 g/mol. The maximum atomic E-state index is 12.6. The number of carbonyl (C=O) groups excluding carboxylic acids is 1. The number of ether oxygens (including phenoxy) is 2. The molecule has 33 heavy (non-hydrogen) atoms. The predicted octanol–water partition coefficient (Wildman–Crippen LogP) is 3.83. The summed E-state index contributed by atoms with van der Waals surface area (Å²) in [5.41, 5.74) is 2.97. The summed E-state index contributed by atoms with van der Waals surface area (Å²) in [6, 6.07) is 20.0. The molecule has 172 valence electrons. The Labute approximate surface area is 195 Å². The van der Waals surface area contributed by atoms with Gasteiger partial charge in [-0.25, -0.2) is 0 Å². The Morgan fingerprint density at radius 3 is 2.30 bits per heavy atom. The molecular weight excluding hydrogens is 416 g/mol. The van der Waals surface area contributed by atoms with Crippen LogP contribution in [0.25, 0.3) is 11.3 Å². The molecule has 7 heteroatoms. The van der Waals surface area contributed by atoms with Crippen molar-refractivity contribution in [3.05, 3.63) is 66.2 Å². The van der Waals surface area contributed by atoms with Crippen LogP contribution in [0, 0.1) is 0 Å². The van der Waals surface area contributed by atoms with Gasteiger partial charge in [0, 0.05) is 38.2 Å². The number of nitrogens with zero attached hydrogens (tertiary/aromatic N) is 4. The first kappa shape index (κ1) is 22.6. The average molecular weight is 447 g/mol. The van der Waals surface area contributed by atoms with Gasteiger partial charge in [-0.3, -0.25) is 4.79 Å². The summed E-state index contributed by atoms with van der Waals surface area (Å²) in [5.74, 6) is 2.40. The SMILES string of the molecule is COc1ccc(-c2ccc(N3CCN(C(=O)CCCc4ccccc4)CC3)nn2)cc1OC. The first-order chi connectivity index (χ1) is 16.2. The third-order valence-electron chi connectivity index (χ3n) is 5.99. The summed E-state index contributed by atoms with van der Waals surface area (Å²) in [6.45, 7) is 2.94. The van der Waals surface area contributed by atoms with Crippen molar-refractivity contribution in [2.45, 2.75) is 19.3 Å². The second-order valence-electron chi connectivity index (χ2n) is 8.05. The Balaban J connectivity index is 1.28. The predicted molar refractivity (Wildman–Crippen MR) is 129 cm³/mol. The van der Waals surface area contributed by atoms with Gasteiger partial charge in [-0.15, -0.1) is 10.2 Å². The van der Waals surface area contributed by atoms with E-state index < -0.39 is 0 Å². The van der Waals surface area contributed by atoms with Gasteiger partial charge in [0.05, 0.1) is 19.9 Å². The number of rotatable bonds is 8. The highest BCUT2D eigenvalue weighted by atomic mass is 16.5. The minimum atomic E-state index is 0.237. The first-order valence-electron chi connectivity index (χ1n) is 11.3. The molecule has 2 heterocycles. The molecule has 0 spiro atoms. The Hall–Kier alpha value is -3.61. The van der Waals surface area contributed by atoms with Crippen molar-refractivity contribution in [1.29, 1.82) is 0 Å². The van der Waals surface area contributed by atoms with Gasteiger partial charge in [0.2, 0.25) is 5.91 Å². The van der Waals surface area contributed by atoms with Crippen LogP contribution in [0.1, 0.15) is 18.4 Å². The smallest absolute Gasteiger partial charge is 0.222 e. The molecule has 0 saturated carbocycles. The van der Waals surface area contributed by atoms with Gasteiger partial charge in [0.15, 0.2) is 17.3 Å². The van der Waals surface area contributed by atoms with Crippen LogP contribution in [0.5, 0.6) is 11.5 Å². The number of amides is 1. The maximum absolute atomic E-state index is 12.6. The van der Waals surface area contributed by atoms with E-state index in [1.807, 2.05) is 53.4 Å². The van der Waals surface area contributed by atoms with E-state index in [0.29, 0.717) is 31.0 Å². The Kier molecular flexibility index (Phi) is 7.40. The number of aromatic nitrogens is 2. The highest BCUT2D eigenvalue weighted by Gasteiger charge is 2.22. The van der Waals surface area contributed by atoms with Crippen LogP contribution >= 0.6 is 0 Å². The molecule has 7 nitrogen and oxygen atoms in total. The van der Waals surface area contributed by atoms with Crippen molar-refractivity contribution in [2.75, 3.05) is 45.3 Å².